The van der Waals surface area contributed by atoms with Gasteiger partial charge in [-0.05, 0) is 49.4 Å². The molecule has 0 radical (unpaired) electrons. The minimum Gasteiger partial charge on any atom is -0.361 e. The van der Waals surface area contributed by atoms with Gasteiger partial charge in [-0.1, -0.05) is 24.3 Å². The van der Waals surface area contributed by atoms with Crippen molar-refractivity contribution in [3.63, 3.8) is 0 Å². The first-order chi connectivity index (χ1) is 14.3. The van der Waals surface area contributed by atoms with Gasteiger partial charge in [0.1, 0.15) is 5.82 Å². The predicted octanol–water partition coefficient (Wildman–Crippen LogP) is 3.94. The Hall–Kier alpha value is -3.15. The van der Waals surface area contributed by atoms with Crippen LogP contribution in [0.15, 0.2) is 54.9 Å². The van der Waals surface area contributed by atoms with Gasteiger partial charge in [-0.15, -0.1) is 10.2 Å². The van der Waals surface area contributed by atoms with Crippen LogP contribution in [-0.2, 0) is 11.2 Å². The number of nitrogens with zero attached hydrogens (tertiary/aromatic N) is 4. The van der Waals surface area contributed by atoms with Gasteiger partial charge < -0.3 is 9.88 Å². The van der Waals surface area contributed by atoms with Crippen molar-refractivity contribution in [3.05, 3.63) is 66.2 Å². The van der Waals surface area contributed by atoms with E-state index in [4.69, 9.17) is 0 Å². The molecule has 0 unspecified atom stereocenters. The van der Waals surface area contributed by atoms with Crippen molar-refractivity contribution in [3.8, 4) is 0 Å². The van der Waals surface area contributed by atoms with Gasteiger partial charge in [0.15, 0.2) is 5.65 Å². The third-order valence-corrected chi connectivity index (χ3v) is 6.06. The van der Waals surface area contributed by atoms with Crippen molar-refractivity contribution in [2.45, 2.75) is 38.0 Å². The third-order valence-electron chi connectivity index (χ3n) is 6.06. The van der Waals surface area contributed by atoms with E-state index in [0.29, 0.717) is 12.3 Å². The van der Waals surface area contributed by atoms with Crippen LogP contribution in [0.5, 0.6) is 0 Å². The number of likely N-dealkylation sites (tertiary alicyclic amines) is 1. The standard InChI is InChI=1S/C23H25N5O/c29-22(10-5-6-18-16-24-20-8-2-1-7-19(18)20)27-14-11-17(12-15-27)23-26-25-21-9-3-4-13-28(21)23/h1-4,7-9,13,16-17,24H,5-6,10-12,14-15H2. The number of H-pyrrole nitrogens is 1. The number of carbonyl (C=O) groups is 1. The molecule has 1 aromatic carbocycles. The predicted molar refractivity (Wildman–Crippen MR) is 113 cm³/mol. The summed E-state index contributed by atoms with van der Waals surface area (Å²) < 4.78 is 2.07. The molecular weight excluding hydrogens is 362 g/mol. The maximum atomic E-state index is 12.7. The first-order valence-corrected chi connectivity index (χ1v) is 10.4. The van der Waals surface area contributed by atoms with Crippen molar-refractivity contribution in [2.75, 3.05) is 13.1 Å². The van der Waals surface area contributed by atoms with E-state index in [1.165, 1.54) is 10.9 Å². The van der Waals surface area contributed by atoms with Crippen LogP contribution in [0.25, 0.3) is 16.6 Å². The van der Waals surface area contributed by atoms with Crippen molar-refractivity contribution in [1.29, 1.82) is 0 Å². The Kier molecular flexibility index (Phi) is 4.76. The lowest BCUT2D eigenvalue weighted by molar-refractivity contribution is -0.132. The molecule has 148 valence electrons. The summed E-state index contributed by atoms with van der Waals surface area (Å²) in [5, 5.41) is 9.93. The number of aromatic nitrogens is 4. The molecule has 6 nitrogen and oxygen atoms in total. The Balaban J connectivity index is 1.14. The van der Waals surface area contributed by atoms with Gasteiger partial charge in [0.2, 0.25) is 5.91 Å². The Morgan fingerprint density at radius 2 is 1.90 bits per heavy atom. The first-order valence-electron chi connectivity index (χ1n) is 10.4. The summed E-state index contributed by atoms with van der Waals surface area (Å²) in [5.74, 6) is 1.66. The average molecular weight is 387 g/mol. The van der Waals surface area contributed by atoms with Crippen LogP contribution in [0.2, 0.25) is 0 Å². The largest absolute Gasteiger partial charge is 0.361 e. The molecule has 0 aliphatic carbocycles. The zero-order valence-electron chi connectivity index (χ0n) is 16.4. The number of aromatic amines is 1. The number of amides is 1. The van der Waals surface area contributed by atoms with E-state index < -0.39 is 0 Å². The van der Waals surface area contributed by atoms with Gasteiger partial charge >= 0.3 is 0 Å². The van der Waals surface area contributed by atoms with E-state index in [1.807, 2.05) is 35.4 Å². The number of nitrogens with one attached hydrogen (secondary N) is 1. The number of aryl methyl sites for hydroxylation is 1. The van der Waals surface area contributed by atoms with Crippen molar-refractivity contribution in [2.24, 2.45) is 0 Å². The summed E-state index contributed by atoms with van der Waals surface area (Å²) in [6.07, 6.45) is 8.41. The van der Waals surface area contributed by atoms with Crippen LogP contribution >= 0.6 is 0 Å². The van der Waals surface area contributed by atoms with Crippen LogP contribution in [0.4, 0.5) is 0 Å². The van der Waals surface area contributed by atoms with Crippen LogP contribution in [-0.4, -0.2) is 43.5 Å². The van der Waals surface area contributed by atoms with Gasteiger partial charge in [0.05, 0.1) is 0 Å². The molecule has 1 saturated heterocycles. The molecule has 5 rings (SSSR count). The highest BCUT2D eigenvalue weighted by molar-refractivity contribution is 5.83. The summed E-state index contributed by atoms with van der Waals surface area (Å²) in [6, 6.07) is 14.3. The summed E-state index contributed by atoms with van der Waals surface area (Å²) in [7, 11) is 0. The summed E-state index contributed by atoms with van der Waals surface area (Å²) >= 11 is 0. The van der Waals surface area contributed by atoms with E-state index in [-0.39, 0.29) is 5.91 Å². The van der Waals surface area contributed by atoms with Gasteiger partial charge in [-0.2, -0.15) is 0 Å². The number of para-hydroxylation sites is 1. The number of hydrogen-bond acceptors (Lipinski definition) is 3. The Labute approximate surface area is 169 Å². The van der Waals surface area contributed by atoms with Crippen molar-refractivity contribution >= 4 is 22.5 Å². The molecule has 0 spiro atoms. The topological polar surface area (TPSA) is 66.3 Å². The number of pyridine rings is 1. The molecule has 1 aliphatic rings. The fourth-order valence-corrected chi connectivity index (χ4v) is 4.45. The molecule has 0 atom stereocenters. The van der Waals surface area contributed by atoms with E-state index in [9.17, 15) is 4.79 Å². The van der Waals surface area contributed by atoms with E-state index >= 15 is 0 Å². The SMILES string of the molecule is O=C(CCCc1c[nH]c2ccccc12)N1CCC(c2nnc3ccccn23)CC1. The number of piperidine rings is 1. The second kappa shape index (κ2) is 7.70. The molecular formula is C23H25N5O. The van der Waals surface area contributed by atoms with Gasteiger partial charge in [-0.3, -0.25) is 9.20 Å². The molecule has 29 heavy (non-hydrogen) atoms. The second-order valence-electron chi connectivity index (χ2n) is 7.86. The monoisotopic (exact) mass is 387 g/mol. The Bertz CT molecular complexity index is 1140. The number of benzene rings is 1. The molecule has 0 bridgehead atoms. The van der Waals surface area contributed by atoms with Crippen LogP contribution in [0.1, 0.15) is 43.0 Å². The summed E-state index contributed by atoms with van der Waals surface area (Å²) in [5.41, 5.74) is 3.35. The minimum absolute atomic E-state index is 0.273. The first kappa shape index (κ1) is 17.9. The lowest BCUT2D eigenvalue weighted by Crippen LogP contribution is -2.38. The molecule has 1 N–H and O–H groups in total. The smallest absolute Gasteiger partial charge is 0.222 e. The normalized spacial score (nSPS) is 15.4. The fraction of sp³-hybridized carbons (Fsp3) is 0.348. The van der Waals surface area contributed by atoms with Gasteiger partial charge in [-0.25, -0.2) is 0 Å². The Morgan fingerprint density at radius 3 is 2.79 bits per heavy atom. The number of rotatable bonds is 5. The minimum atomic E-state index is 0.273. The highest BCUT2D eigenvalue weighted by Crippen LogP contribution is 2.27. The fourth-order valence-electron chi connectivity index (χ4n) is 4.45. The zero-order chi connectivity index (χ0) is 19.6. The highest BCUT2D eigenvalue weighted by Gasteiger charge is 2.26. The van der Waals surface area contributed by atoms with Crippen molar-refractivity contribution < 1.29 is 4.79 Å². The van der Waals surface area contributed by atoms with Crippen LogP contribution in [0.3, 0.4) is 0 Å². The Morgan fingerprint density at radius 1 is 1.07 bits per heavy atom. The summed E-state index contributed by atoms with van der Waals surface area (Å²) in [6.45, 7) is 1.61. The molecule has 1 aliphatic heterocycles. The van der Waals surface area contributed by atoms with E-state index in [0.717, 1.165) is 55.8 Å². The highest BCUT2D eigenvalue weighted by atomic mass is 16.2. The molecule has 3 aromatic heterocycles. The van der Waals surface area contributed by atoms with Crippen LogP contribution < -0.4 is 0 Å². The van der Waals surface area contributed by atoms with Gasteiger partial charge in [0, 0.05) is 48.7 Å². The molecule has 4 heterocycles. The maximum Gasteiger partial charge on any atom is 0.222 e. The van der Waals surface area contributed by atoms with E-state index in [1.54, 1.807) is 0 Å². The third kappa shape index (κ3) is 3.50. The van der Waals surface area contributed by atoms with E-state index in [2.05, 4.69) is 44.0 Å². The zero-order valence-corrected chi connectivity index (χ0v) is 16.4. The second-order valence-corrected chi connectivity index (χ2v) is 7.86. The molecule has 1 amide bonds. The maximum absolute atomic E-state index is 12.7. The lowest BCUT2D eigenvalue weighted by Gasteiger charge is -2.31. The summed E-state index contributed by atoms with van der Waals surface area (Å²) in [4.78, 5) is 18.0. The quantitative estimate of drug-likeness (QED) is 0.564. The van der Waals surface area contributed by atoms with Crippen LogP contribution in [0, 0.1) is 0 Å². The molecule has 1 fully saturated rings. The number of fused-ring (bicyclic) bond motifs is 2. The van der Waals surface area contributed by atoms with Crippen molar-refractivity contribution in [1.82, 2.24) is 24.5 Å². The lowest BCUT2D eigenvalue weighted by atomic mass is 9.95. The average Bonchev–Trinajstić information content (AvgIpc) is 3.38. The number of carbonyl (C=O) groups excluding carboxylic acids is 1. The molecule has 6 heteroatoms. The molecule has 0 saturated carbocycles. The number of hydrogen-bond donors (Lipinski definition) is 1. The molecule has 4 aromatic rings. The van der Waals surface area contributed by atoms with Gasteiger partial charge in [0.25, 0.3) is 0 Å².